The molecule has 1 unspecified atom stereocenters. The summed E-state index contributed by atoms with van der Waals surface area (Å²) in [7, 11) is 1.55. The molecule has 1 atom stereocenters. The van der Waals surface area contributed by atoms with E-state index in [0.29, 0.717) is 21.6 Å². The van der Waals surface area contributed by atoms with E-state index in [0.717, 1.165) is 17.1 Å². The van der Waals surface area contributed by atoms with E-state index in [4.69, 9.17) is 16.3 Å². The summed E-state index contributed by atoms with van der Waals surface area (Å²) in [6, 6.07) is 13.1. The van der Waals surface area contributed by atoms with Crippen LogP contribution >= 0.6 is 23.4 Å². The second kappa shape index (κ2) is 8.67. The number of nitrogens with zero attached hydrogens (tertiary/aromatic N) is 3. The average Bonchev–Trinajstić information content (AvgIpc) is 3.02. The van der Waals surface area contributed by atoms with Crippen molar-refractivity contribution in [2.24, 2.45) is 0 Å². The van der Waals surface area contributed by atoms with E-state index in [1.54, 1.807) is 25.3 Å². The normalized spacial score (nSPS) is 11.9. The summed E-state index contributed by atoms with van der Waals surface area (Å²) in [6.45, 7) is 5.75. The number of hydrogen-bond acceptors (Lipinski definition) is 5. The molecule has 1 N–H and O–H groups in total. The Kier molecular flexibility index (Phi) is 6.26. The van der Waals surface area contributed by atoms with Gasteiger partial charge in [-0.1, -0.05) is 41.6 Å². The number of aromatic nitrogens is 3. The highest BCUT2D eigenvalue weighted by atomic mass is 35.5. The molecule has 0 aliphatic carbocycles. The van der Waals surface area contributed by atoms with E-state index in [1.807, 2.05) is 49.6 Å². The van der Waals surface area contributed by atoms with Gasteiger partial charge in [0.15, 0.2) is 5.16 Å². The van der Waals surface area contributed by atoms with Crippen molar-refractivity contribution in [3.05, 3.63) is 58.9 Å². The van der Waals surface area contributed by atoms with Gasteiger partial charge in [0.2, 0.25) is 5.91 Å². The van der Waals surface area contributed by atoms with Crippen LogP contribution in [0.3, 0.4) is 0 Å². The number of methoxy groups -OCH3 is 1. The predicted molar refractivity (Wildman–Crippen MR) is 113 cm³/mol. The number of ether oxygens (including phenoxy) is 1. The summed E-state index contributed by atoms with van der Waals surface area (Å²) < 4.78 is 7.25. The highest BCUT2D eigenvalue weighted by molar-refractivity contribution is 8.00. The van der Waals surface area contributed by atoms with Crippen LogP contribution in [0.2, 0.25) is 5.02 Å². The van der Waals surface area contributed by atoms with Crippen molar-refractivity contribution in [1.29, 1.82) is 0 Å². The topological polar surface area (TPSA) is 69.0 Å². The fourth-order valence-corrected chi connectivity index (χ4v) is 3.81. The molecule has 0 bridgehead atoms. The van der Waals surface area contributed by atoms with Crippen molar-refractivity contribution in [3.8, 4) is 11.4 Å². The minimum Gasteiger partial charge on any atom is -0.495 e. The molecule has 1 aromatic heterocycles. The summed E-state index contributed by atoms with van der Waals surface area (Å²) in [5, 5.41) is 12.1. The van der Waals surface area contributed by atoms with E-state index in [1.165, 1.54) is 11.8 Å². The van der Waals surface area contributed by atoms with Crippen molar-refractivity contribution in [2.75, 3.05) is 12.4 Å². The molecule has 0 radical (unpaired) electrons. The number of benzene rings is 2. The molecule has 0 aliphatic rings. The lowest BCUT2D eigenvalue weighted by Crippen LogP contribution is -2.23. The summed E-state index contributed by atoms with van der Waals surface area (Å²) in [6.07, 6.45) is 0. The molecule has 6 nitrogen and oxygen atoms in total. The lowest BCUT2D eigenvalue weighted by Gasteiger charge is -2.15. The van der Waals surface area contributed by atoms with Gasteiger partial charge in [0.05, 0.1) is 23.7 Å². The number of rotatable bonds is 6. The Hall–Kier alpha value is -2.51. The number of para-hydroxylation sites is 1. The van der Waals surface area contributed by atoms with Gasteiger partial charge in [-0.3, -0.25) is 9.36 Å². The quantitative estimate of drug-likeness (QED) is 0.591. The van der Waals surface area contributed by atoms with Crippen molar-refractivity contribution >= 4 is 35.0 Å². The number of hydrogen-bond donors (Lipinski definition) is 1. The average molecular weight is 417 g/mol. The van der Waals surface area contributed by atoms with Crippen molar-refractivity contribution in [3.63, 3.8) is 0 Å². The highest BCUT2D eigenvalue weighted by Crippen LogP contribution is 2.30. The first-order chi connectivity index (χ1) is 13.4. The maximum absolute atomic E-state index is 12.7. The lowest BCUT2D eigenvalue weighted by atomic mass is 10.2. The zero-order valence-electron chi connectivity index (χ0n) is 16.1. The molecule has 0 fully saturated rings. The van der Waals surface area contributed by atoms with E-state index in [2.05, 4.69) is 15.5 Å². The minimum absolute atomic E-state index is 0.178. The largest absolute Gasteiger partial charge is 0.495 e. The van der Waals surface area contributed by atoms with Crippen LogP contribution in [-0.2, 0) is 4.79 Å². The molecule has 1 amide bonds. The Labute approximate surface area is 173 Å². The van der Waals surface area contributed by atoms with E-state index >= 15 is 0 Å². The maximum atomic E-state index is 12.7. The maximum Gasteiger partial charge on any atom is 0.237 e. The van der Waals surface area contributed by atoms with Gasteiger partial charge in [-0.05, 0) is 50.6 Å². The number of aryl methyl sites for hydroxylation is 2. The van der Waals surface area contributed by atoms with Crippen LogP contribution in [0.4, 0.5) is 5.69 Å². The van der Waals surface area contributed by atoms with E-state index < -0.39 is 5.25 Å². The number of halogens is 1. The fraction of sp³-hybridized carbons (Fsp3) is 0.250. The number of anilines is 1. The molecule has 1 heterocycles. The number of amides is 1. The van der Waals surface area contributed by atoms with E-state index in [9.17, 15) is 4.79 Å². The molecule has 28 heavy (non-hydrogen) atoms. The molecule has 0 aliphatic heterocycles. The Morgan fingerprint density at radius 2 is 1.96 bits per heavy atom. The summed E-state index contributed by atoms with van der Waals surface area (Å²) in [5.41, 5.74) is 2.63. The Morgan fingerprint density at radius 1 is 1.21 bits per heavy atom. The highest BCUT2D eigenvalue weighted by Gasteiger charge is 2.21. The molecule has 2 aromatic carbocycles. The molecular formula is C20H21ClN4O2S. The van der Waals surface area contributed by atoms with Crippen LogP contribution in [0.1, 0.15) is 18.3 Å². The molecule has 8 heteroatoms. The standard InChI is InChI=1S/C20H21ClN4O2S/c1-12-7-5-6-8-17(12)25-14(3)23-24-20(25)28-13(2)19(26)22-16-11-15(21)9-10-18(16)27-4/h5-11,13H,1-4H3,(H,22,26). The van der Waals surface area contributed by atoms with Gasteiger partial charge in [0.25, 0.3) is 0 Å². The molecule has 0 saturated carbocycles. The van der Waals surface area contributed by atoms with Gasteiger partial charge >= 0.3 is 0 Å². The van der Waals surface area contributed by atoms with Crippen LogP contribution in [0.15, 0.2) is 47.6 Å². The van der Waals surface area contributed by atoms with Gasteiger partial charge < -0.3 is 10.1 Å². The molecule has 146 valence electrons. The number of thioether (sulfide) groups is 1. The Bertz CT molecular complexity index is 1010. The number of carbonyl (C=O) groups excluding carboxylic acids is 1. The second-order valence-corrected chi connectivity index (χ2v) is 7.99. The predicted octanol–water partition coefficient (Wildman–Crippen LogP) is 4.67. The SMILES string of the molecule is COc1ccc(Cl)cc1NC(=O)C(C)Sc1nnc(C)n1-c1ccccc1C. The van der Waals surface area contributed by atoms with Gasteiger partial charge in [-0.2, -0.15) is 0 Å². The summed E-state index contributed by atoms with van der Waals surface area (Å²) in [4.78, 5) is 12.7. The van der Waals surface area contributed by atoms with Gasteiger partial charge in [0.1, 0.15) is 11.6 Å². The second-order valence-electron chi connectivity index (χ2n) is 6.25. The van der Waals surface area contributed by atoms with E-state index in [-0.39, 0.29) is 5.91 Å². The number of carbonyl (C=O) groups is 1. The summed E-state index contributed by atoms with van der Waals surface area (Å²) >= 11 is 7.38. The van der Waals surface area contributed by atoms with Gasteiger partial charge in [-0.25, -0.2) is 0 Å². The fourth-order valence-electron chi connectivity index (χ4n) is 2.73. The summed E-state index contributed by atoms with van der Waals surface area (Å²) in [5.74, 6) is 1.14. The smallest absolute Gasteiger partial charge is 0.237 e. The minimum atomic E-state index is -0.407. The zero-order valence-corrected chi connectivity index (χ0v) is 17.6. The van der Waals surface area contributed by atoms with Crippen molar-refractivity contribution in [1.82, 2.24) is 14.8 Å². The first kappa shape index (κ1) is 20.2. The molecule has 3 rings (SSSR count). The van der Waals surface area contributed by atoms with Gasteiger partial charge in [0, 0.05) is 5.02 Å². The number of nitrogens with one attached hydrogen (secondary N) is 1. The van der Waals surface area contributed by atoms with Crippen molar-refractivity contribution < 1.29 is 9.53 Å². The van der Waals surface area contributed by atoms with Gasteiger partial charge in [-0.15, -0.1) is 10.2 Å². The van der Waals surface area contributed by atoms with Crippen LogP contribution < -0.4 is 10.1 Å². The zero-order chi connectivity index (χ0) is 20.3. The Balaban J connectivity index is 1.81. The molecule has 0 spiro atoms. The first-order valence-corrected chi connectivity index (χ1v) is 9.95. The van der Waals surface area contributed by atoms with Crippen molar-refractivity contribution in [2.45, 2.75) is 31.2 Å². The monoisotopic (exact) mass is 416 g/mol. The van der Waals surface area contributed by atoms with Crippen LogP contribution in [0.25, 0.3) is 5.69 Å². The lowest BCUT2D eigenvalue weighted by molar-refractivity contribution is -0.115. The first-order valence-electron chi connectivity index (χ1n) is 8.69. The third-order valence-electron chi connectivity index (χ3n) is 4.22. The van der Waals surface area contributed by atoms with Crippen LogP contribution in [0.5, 0.6) is 5.75 Å². The molecule has 3 aromatic rings. The Morgan fingerprint density at radius 3 is 2.68 bits per heavy atom. The third-order valence-corrected chi connectivity index (χ3v) is 5.50. The van der Waals surface area contributed by atoms with Crippen LogP contribution in [-0.4, -0.2) is 33.0 Å². The molecular weight excluding hydrogens is 396 g/mol. The third kappa shape index (κ3) is 4.31. The molecule has 0 saturated heterocycles. The van der Waals surface area contributed by atoms with Crippen LogP contribution in [0, 0.1) is 13.8 Å².